The van der Waals surface area contributed by atoms with Crippen LogP contribution >= 0.6 is 22.6 Å². The first-order chi connectivity index (χ1) is 10.1. The van der Waals surface area contributed by atoms with Gasteiger partial charge in [0.25, 0.3) is 0 Å². The molecule has 7 nitrogen and oxygen atoms in total. The van der Waals surface area contributed by atoms with Crippen LogP contribution in [0.4, 0.5) is 5.69 Å². The summed E-state index contributed by atoms with van der Waals surface area (Å²) in [6.45, 7) is 0. The number of anilines is 1. The monoisotopic (exact) mass is 398 g/mol. The summed E-state index contributed by atoms with van der Waals surface area (Å²) in [5.74, 6) is 0.989. The Labute approximate surface area is 134 Å². The van der Waals surface area contributed by atoms with Gasteiger partial charge in [0.05, 0.1) is 41.2 Å². The van der Waals surface area contributed by atoms with E-state index in [9.17, 15) is 0 Å². The van der Waals surface area contributed by atoms with E-state index in [2.05, 4.69) is 9.97 Å². The molecule has 2 aromatic rings. The minimum atomic E-state index is 0.0422. The lowest BCUT2D eigenvalue weighted by Gasteiger charge is -2.11. The van der Waals surface area contributed by atoms with E-state index in [1.165, 1.54) is 26.4 Å². The molecular weight excluding hydrogens is 387 g/mol. The molecule has 1 heterocycles. The number of ether oxygens (including phenoxy) is 3. The first-order valence-electron chi connectivity index (χ1n) is 5.71. The number of nitrogens with zero attached hydrogens (tertiary/aromatic N) is 3. The maximum Gasteiger partial charge on any atom is 0.328 e. The van der Waals surface area contributed by atoms with E-state index in [0.29, 0.717) is 32.3 Å². The number of rotatable bonds is 4. The highest BCUT2D eigenvalue weighted by Gasteiger charge is 2.13. The van der Waals surface area contributed by atoms with Crippen LogP contribution in [0.2, 0.25) is 0 Å². The molecule has 2 N–H and O–H groups in total. The van der Waals surface area contributed by atoms with Gasteiger partial charge in [-0.15, -0.1) is 0 Å². The minimum absolute atomic E-state index is 0.0422. The molecule has 0 spiro atoms. The Bertz CT molecular complexity index is 670. The van der Waals surface area contributed by atoms with Crippen LogP contribution in [0.1, 0.15) is 5.56 Å². The van der Waals surface area contributed by atoms with Crippen LogP contribution in [0.3, 0.4) is 0 Å². The highest BCUT2D eigenvalue weighted by atomic mass is 127. The first kappa shape index (κ1) is 15.1. The average molecular weight is 398 g/mol. The average Bonchev–Trinajstić information content (AvgIpc) is 2.50. The van der Waals surface area contributed by atoms with Crippen molar-refractivity contribution >= 4 is 28.3 Å². The normalized spacial score (nSPS) is 9.81. The Morgan fingerprint density at radius 3 is 2.24 bits per heavy atom. The van der Waals surface area contributed by atoms with Crippen LogP contribution in [0.15, 0.2) is 18.2 Å². The van der Waals surface area contributed by atoms with Gasteiger partial charge in [-0.3, -0.25) is 0 Å². The third kappa shape index (κ3) is 3.43. The van der Waals surface area contributed by atoms with Gasteiger partial charge >= 0.3 is 6.01 Å². The smallest absolute Gasteiger partial charge is 0.328 e. The summed E-state index contributed by atoms with van der Waals surface area (Å²) in [4.78, 5) is 8.12. The molecule has 0 aliphatic heterocycles. The fourth-order valence-electron chi connectivity index (χ4n) is 1.52. The topological polar surface area (TPSA) is 103 Å². The molecule has 0 radical (unpaired) electrons. The van der Waals surface area contributed by atoms with Crippen LogP contribution in [-0.4, -0.2) is 24.2 Å². The standard InChI is InChI=1S/C13H11IN4O3/c1-19-10-5-11(20-2)18-13(17-10)21-12-8(14)3-7(6-15)4-9(12)16/h3-5H,16H2,1-2H3. The van der Waals surface area contributed by atoms with Crippen molar-refractivity contribution in [3.05, 3.63) is 27.3 Å². The lowest BCUT2D eigenvalue weighted by Crippen LogP contribution is -2.01. The molecule has 0 atom stereocenters. The van der Waals surface area contributed by atoms with Crippen molar-refractivity contribution in [3.63, 3.8) is 0 Å². The van der Waals surface area contributed by atoms with E-state index in [1.54, 1.807) is 6.07 Å². The third-order valence-electron chi connectivity index (χ3n) is 2.47. The largest absolute Gasteiger partial charge is 0.481 e. The van der Waals surface area contributed by atoms with Gasteiger partial charge in [0, 0.05) is 0 Å². The van der Waals surface area contributed by atoms with E-state index < -0.39 is 0 Å². The Kier molecular flexibility index (Phi) is 4.64. The predicted molar refractivity (Wildman–Crippen MR) is 83.5 cm³/mol. The number of benzene rings is 1. The van der Waals surface area contributed by atoms with E-state index in [1.807, 2.05) is 28.7 Å². The summed E-state index contributed by atoms with van der Waals surface area (Å²) in [6.07, 6.45) is 0. The molecule has 0 aliphatic carbocycles. The molecule has 0 saturated heterocycles. The Morgan fingerprint density at radius 2 is 1.76 bits per heavy atom. The molecule has 0 saturated carbocycles. The molecule has 0 aliphatic rings. The van der Waals surface area contributed by atoms with Crippen LogP contribution in [0.5, 0.6) is 23.5 Å². The van der Waals surface area contributed by atoms with Crippen molar-refractivity contribution in [2.75, 3.05) is 20.0 Å². The van der Waals surface area contributed by atoms with Gasteiger partial charge in [-0.2, -0.15) is 15.2 Å². The molecule has 0 amide bonds. The fourth-order valence-corrected chi connectivity index (χ4v) is 2.27. The molecule has 2 rings (SSSR count). The van der Waals surface area contributed by atoms with Gasteiger partial charge in [-0.1, -0.05) is 0 Å². The van der Waals surface area contributed by atoms with Crippen LogP contribution in [-0.2, 0) is 0 Å². The van der Waals surface area contributed by atoms with Gasteiger partial charge in [0.1, 0.15) is 0 Å². The van der Waals surface area contributed by atoms with Crippen molar-refractivity contribution < 1.29 is 14.2 Å². The molecule has 8 heteroatoms. The summed E-state index contributed by atoms with van der Waals surface area (Å²) in [7, 11) is 2.96. The summed E-state index contributed by atoms with van der Waals surface area (Å²) in [6, 6.07) is 6.77. The van der Waals surface area contributed by atoms with Gasteiger partial charge in [0.15, 0.2) is 5.75 Å². The van der Waals surface area contributed by atoms with E-state index in [4.69, 9.17) is 25.2 Å². The number of hydrogen-bond donors (Lipinski definition) is 1. The van der Waals surface area contributed by atoms with Crippen molar-refractivity contribution in [1.82, 2.24) is 9.97 Å². The highest BCUT2D eigenvalue weighted by molar-refractivity contribution is 14.1. The second kappa shape index (κ2) is 6.45. The second-order valence-electron chi connectivity index (χ2n) is 3.83. The first-order valence-corrected chi connectivity index (χ1v) is 6.79. The number of hydrogen-bond acceptors (Lipinski definition) is 7. The zero-order valence-corrected chi connectivity index (χ0v) is 13.4. The molecule has 0 bridgehead atoms. The number of halogens is 1. The maximum absolute atomic E-state index is 8.90. The number of nitrogens with two attached hydrogens (primary N) is 1. The van der Waals surface area contributed by atoms with Crippen LogP contribution < -0.4 is 19.9 Å². The Hall–Kier alpha value is -2.28. The van der Waals surface area contributed by atoms with Gasteiger partial charge in [-0.05, 0) is 34.7 Å². The van der Waals surface area contributed by atoms with Gasteiger partial charge < -0.3 is 19.9 Å². The lowest BCUT2D eigenvalue weighted by molar-refractivity contribution is 0.348. The number of aromatic nitrogens is 2. The molecule has 1 aromatic heterocycles. The summed E-state index contributed by atoms with van der Waals surface area (Å²) in [5.41, 5.74) is 6.66. The molecule has 0 fully saturated rings. The van der Waals surface area contributed by atoms with Gasteiger partial charge in [-0.25, -0.2) is 0 Å². The quantitative estimate of drug-likeness (QED) is 0.623. The molecular formula is C13H11IN4O3. The summed E-state index contributed by atoms with van der Waals surface area (Å²) >= 11 is 2.02. The summed E-state index contributed by atoms with van der Waals surface area (Å²) < 4.78 is 16.4. The van der Waals surface area contributed by atoms with Crippen molar-refractivity contribution in [2.45, 2.75) is 0 Å². The summed E-state index contributed by atoms with van der Waals surface area (Å²) in [5, 5.41) is 8.90. The fraction of sp³-hybridized carbons (Fsp3) is 0.154. The second-order valence-corrected chi connectivity index (χ2v) is 4.99. The van der Waals surface area contributed by atoms with E-state index in [0.717, 1.165) is 0 Å². The predicted octanol–water partition coefficient (Wildman–Crippen LogP) is 2.34. The van der Waals surface area contributed by atoms with Crippen molar-refractivity contribution in [2.24, 2.45) is 0 Å². The maximum atomic E-state index is 8.90. The number of nitriles is 1. The zero-order chi connectivity index (χ0) is 15.4. The Balaban J connectivity index is 2.41. The Morgan fingerprint density at radius 1 is 1.14 bits per heavy atom. The molecule has 21 heavy (non-hydrogen) atoms. The van der Waals surface area contributed by atoms with Crippen molar-refractivity contribution in [3.8, 4) is 29.6 Å². The number of nitrogen functional groups attached to an aromatic ring is 1. The van der Waals surface area contributed by atoms with E-state index in [-0.39, 0.29) is 6.01 Å². The van der Waals surface area contributed by atoms with Gasteiger partial charge in [0.2, 0.25) is 11.8 Å². The molecule has 0 unspecified atom stereocenters. The number of methoxy groups -OCH3 is 2. The van der Waals surface area contributed by atoms with E-state index >= 15 is 0 Å². The van der Waals surface area contributed by atoms with Crippen LogP contribution in [0.25, 0.3) is 0 Å². The highest BCUT2D eigenvalue weighted by Crippen LogP contribution is 2.33. The van der Waals surface area contributed by atoms with Crippen molar-refractivity contribution in [1.29, 1.82) is 5.26 Å². The molecule has 1 aromatic carbocycles. The van der Waals surface area contributed by atoms with Crippen LogP contribution in [0, 0.1) is 14.9 Å². The third-order valence-corrected chi connectivity index (χ3v) is 3.27. The molecule has 108 valence electrons. The minimum Gasteiger partial charge on any atom is -0.481 e. The lowest BCUT2D eigenvalue weighted by atomic mass is 10.2. The zero-order valence-electron chi connectivity index (χ0n) is 11.3. The SMILES string of the molecule is COc1cc(OC)nc(Oc2c(N)cc(C#N)cc2I)n1.